The van der Waals surface area contributed by atoms with Gasteiger partial charge in [0.05, 0.1) is 0 Å². The second-order valence-corrected chi connectivity index (χ2v) is 3.97. The van der Waals surface area contributed by atoms with Crippen LogP contribution in [0.5, 0.6) is 11.6 Å². The molecule has 0 bridgehead atoms. The highest BCUT2D eigenvalue weighted by molar-refractivity contribution is 5.44. The van der Waals surface area contributed by atoms with Gasteiger partial charge < -0.3 is 15.8 Å². The van der Waals surface area contributed by atoms with Crippen molar-refractivity contribution in [2.24, 2.45) is 0 Å². The Balaban J connectivity index is 2.30. The fraction of sp³-hybridized carbons (Fsp3) is 0.231. The molecule has 0 aliphatic carbocycles. The number of nitrogens with zero attached hydrogens (tertiary/aromatic N) is 2. The number of hydrogen-bond acceptors (Lipinski definition) is 5. The summed E-state index contributed by atoms with van der Waals surface area (Å²) in [6, 6.07) is 6.49. The maximum atomic E-state index is 13.8. The van der Waals surface area contributed by atoms with Crippen molar-refractivity contribution in [3.8, 4) is 11.6 Å². The molecule has 5 nitrogen and oxygen atoms in total. The molecule has 1 aromatic heterocycles. The second kappa shape index (κ2) is 5.51. The minimum absolute atomic E-state index is 0.0708. The first-order valence-electron chi connectivity index (χ1n) is 5.91. The number of nitrogens with one attached hydrogen (secondary N) is 1. The zero-order valence-electron chi connectivity index (χ0n) is 10.8. The Labute approximate surface area is 110 Å². The molecule has 0 unspecified atom stereocenters. The molecule has 19 heavy (non-hydrogen) atoms. The fourth-order valence-corrected chi connectivity index (χ4v) is 1.58. The van der Waals surface area contributed by atoms with E-state index in [0.29, 0.717) is 17.9 Å². The number of nitrogens with two attached hydrogens (primary N) is 1. The van der Waals surface area contributed by atoms with Crippen molar-refractivity contribution < 1.29 is 9.13 Å². The van der Waals surface area contributed by atoms with Crippen LogP contribution in [0.2, 0.25) is 0 Å². The fourth-order valence-electron chi connectivity index (χ4n) is 1.58. The molecule has 0 fully saturated rings. The first kappa shape index (κ1) is 13.1. The average Bonchev–Trinajstić information content (AvgIpc) is 2.35. The molecule has 0 amide bonds. The van der Waals surface area contributed by atoms with Gasteiger partial charge >= 0.3 is 0 Å². The van der Waals surface area contributed by atoms with Crippen LogP contribution < -0.4 is 15.8 Å². The van der Waals surface area contributed by atoms with Crippen molar-refractivity contribution in [2.45, 2.75) is 13.8 Å². The van der Waals surface area contributed by atoms with Crippen molar-refractivity contribution >= 4 is 11.8 Å². The molecular weight excluding hydrogens is 247 g/mol. The normalized spacial score (nSPS) is 10.3. The van der Waals surface area contributed by atoms with Crippen LogP contribution in [0.1, 0.15) is 12.5 Å². The van der Waals surface area contributed by atoms with Gasteiger partial charge in [0, 0.05) is 12.6 Å². The molecule has 0 aliphatic rings. The van der Waals surface area contributed by atoms with Crippen molar-refractivity contribution in [1.82, 2.24) is 9.97 Å². The Morgan fingerprint density at radius 2 is 2.16 bits per heavy atom. The zero-order valence-corrected chi connectivity index (χ0v) is 10.8. The molecular formula is C13H15FN4O. The van der Waals surface area contributed by atoms with Gasteiger partial charge in [-0.1, -0.05) is 12.1 Å². The average molecular weight is 262 g/mol. The first-order chi connectivity index (χ1) is 9.10. The number of aromatic nitrogens is 2. The summed E-state index contributed by atoms with van der Waals surface area (Å²) in [4.78, 5) is 7.91. The van der Waals surface area contributed by atoms with Crippen LogP contribution in [0.4, 0.5) is 16.2 Å². The molecule has 0 atom stereocenters. The van der Waals surface area contributed by atoms with Crippen LogP contribution in [-0.2, 0) is 0 Å². The molecule has 2 rings (SSSR count). The maximum absolute atomic E-state index is 13.8. The number of aryl methyl sites for hydroxylation is 1. The summed E-state index contributed by atoms with van der Waals surface area (Å²) >= 11 is 0. The Bertz CT molecular complexity index is 589. The summed E-state index contributed by atoms with van der Waals surface area (Å²) in [5, 5.41) is 3.00. The molecule has 0 saturated heterocycles. The summed E-state index contributed by atoms with van der Waals surface area (Å²) in [6.07, 6.45) is 0. The summed E-state index contributed by atoms with van der Waals surface area (Å²) in [6.45, 7) is 4.29. The van der Waals surface area contributed by atoms with E-state index in [0.717, 1.165) is 0 Å². The van der Waals surface area contributed by atoms with Crippen LogP contribution in [0.3, 0.4) is 0 Å². The molecule has 1 heterocycles. The number of ether oxygens (including phenoxy) is 1. The Kier molecular flexibility index (Phi) is 3.79. The third-order valence-electron chi connectivity index (χ3n) is 2.45. The highest BCUT2D eigenvalue weighted by atomic mass is 19.1. The number of benzene rings is 1. The third-order valence-corrected chi connectivity index (χ3v) is 2.45. The monoisotopic (exact) mass is 262 g/mol. The van der Waals surface area contributed by atoms with E-state index in [1.807, 2.05) is 6.92 Å². The van der Waals surface area contributed by atoms with E-state index in [4.69, 9.17) is 10.5 Å². The minimum atomic E-state index is -0.412. The summed E-state index contributed by atoms with van der Waals surface area (Å²) in [7, 11) is 0. The van der Waals surface area contributed by atoms with E-state index in [1.165, 1.54) is 6.07 Å². The Morgan fingerprint density at radius 3 is 2.89 bits per heavy atom. The van der Waals surface area contributed by atoms with Gasteiger partial charge in [-0.25, -0.2) is 4.39 Å². The van der Waals surface area contributed by atoms with Crippen LogP contribution in [0.25, 0.3) is 0 Å². The van der Waals surface area contributed by atoms with E-state index in [-0.39, 0.29) is 17.6 Å². The van der Waals surface area contributed by atoms with E-state index in [9.17, 15) is 4.39 Å². The van der Waals surface area contributed by atoms with Gasteiger partial charge in [0.15, 0.2) is 11.6 Å². The molecule has 100 valence electrons. The van der Waals surface area contributed by atoms with Gasteiger partial charge in [0.2, 0.25) is 11.8 Å². The molecule has 0 saturated carbocycles. The molecule has 2 aromatic rings. The van der Waals surface area contributed by atoms with Gasteiger partial charge in [-0.15, -0.1) is 0 Å². The molecule has 0 aliphatic heterocycles. The van der Waals surface area contributed by atoms with Crippen molar-refractivity contribution in [2.75, 3.05) is 17.6 Å². The van der Waals surface area contributed by atoms with Gasteiger partial charge in [0.25, 0.3) is 0 Å². The molecule has 1 aromatic carbocycles. The zero-order chi connectivity index (χ0) is 13.8. The highest BCUT2D eigenvalue weighted by Gasteiger charge is 2.09. The van der Waals surface area contributed by atoms with Gasteiger partial charge in [-0.05, 0) is 25.5 Å². The van der Waals surface area contributed by atoms with Crippen LogP contribution in [-0.4, -0.2) is 16.5 Å². The van der Waals surface area contributed by atoms with E-state index in [1.54, 1.807) is 25.1 Å². The van der Waals surface area contributed by atoms with Crippen molar-refractivity contribution in [1.29, 1.82) is 0 Å². The molecule has 0 spiro atoms. The van der Waals surface area contributed by atoms with Crippen molar-refractivity contribution in [3.05, 3.63) is 35.6 Å². The summed E-state index contributed by atoms with van der Waals surface area (Å²) < 4.78 is 19.2. The van der Waals surface area contributed by atoms with Crippen LogP contribution in [0, 0.1) is 12.7 Å². The lowest BCUT2D eigenvalue weighted by Gasteiger charge is -2.09. The van der Waals surface area contributed by atoms with Gasteiger partial charge in [-0.3, -0.25) is 0 Å². The lowest BCUT2D eigenvalue weighted by Crippen LogP contribution is -2.04. The maximum Gasteiger partial charge on any atom is 0.226 e. The lowest BCUT2D eigenvalue weighted by molar-refractivity contribution is 0.425. The highest BCUT2D eigenvalue weighted by Crippen LogP contribution is 2.26. The molecule has 6 heteroatoms. The van der Waals surface area contributed by atoms with E-state index < -0.39 is 5.82 Å². The van der Waals surface area contributed by atoms with Crippen molar-refractivity contribution in [3.63, 3.8) is 0 Å². The molecule has 0 radical (unpaired) electrons. The van der Waals surface area contributed by atoms with Crippen LogP contribution in [0.15, 0.2) is 24.3 Å². The van der Waals surface area contributed by atoms with E-state index in [2.05, 4.69) is 15.3 Å². The Hall–Kier alpha value is -2.37. The number of rotatable bonds is 4. The Morgan fingerprint density at radius 1 is 1.37 bits per heavy atom. The minimum Gasteiger partial charge on any atom is -0.436 e. The summed E-state index contributed by atoms with van der Waals surface area (Å²) in [5.74, 6) is 0.512. The summed E-state index contributed by atoms with van der Waals surface area (Å²) in [5.41, 5.74) is 6.08. The largest absolute Gasteiger partial charge is 0.436 e. The smallest absolute Gasteiger partial charge is 0.226 e. The third kappa shape index (κ3) is 3.09. The predicted molar refractivity (Wildman–Crippen MR) is 71.8 cm³/mol. The van der Waals surface area contributed by atoms with E-state index >= 15 is 0 Å². The first-order valence-corrected chi connectivity index (χ1v) is 5.91. The standard InChI is InChI=1S/C13H15FN4O/c1-3-16-10-7-11(18-13(15)17-10)19-9-6-4-5-8(2)12(9)14/h4-7H,3H2,1-2H3,(H3,15,16,17,18). The van der Waals surface area contributed by atoms with Gasteiger partial charge in [-0.2, -0.15) is 9.97 Å². The number of halogens is 1. The number of hydrogen-bond donors (Lipinski definition) is 2. The quantitative estimate of drug-likeness (QED) is 0.886. The topological polar surface area (TPSA) is 73.1 Å². The lowest BCUT2D eigenvalue weighted by atomic mass is 10.2. The molecule has 3 N–H and O–H groups in total. The van der Waals surface area contributed by atoms with Gasteiger partial charge in [0.1, 0.15) is 5.82 Å². The number of nitrogen functional groups attached to an aromatic ring is 1. The second-order valence-electron chi connectivity index (χ2n) is 3.97. The van der Waals surface area contributed by atoms with Crippen LogP contribution >= 0.6 is 0 Å². The predicted octanol–water partition coefficient (Wildman–Crippen LogP) is 2.73. The number of anilines is 2. The SMILES string of the molecule is CCNc1cc(Oc2cccc(C)c2F)nc(N)n1.